The van der Waals surface area contributed by atoms with Crippen LogP contribution in [0.4, 0.5) is 0 Å². The highest BCUT2D eigenvalue weighted by Gasteiger charge is 2.15. The van der Waals surface area contributed by atoms with Crippen LogP contribution in [0.2, 0.25) is 0 Å². The van der Waals surface area contributed by atoms with E-state index in [1.165, 1.54) is 9.36 Å². The maximum absolute atomic E-state index is 12.3. The fourth-order valence-corrected chi connectivity index (χ4v) is 3.44. The SMILES string of the molecule is COc1cc(-c2ccc(OCc3c(C)cccc3-n3nnn(C)c3=O)c(C)c2)nn1C. The molecular formula is C22H24N6O3. The molecule has 0 atom stereocenters. The summed E-state index contributed by atoms with van der Waals surface area (Å²) in [4.78, 5) is 12.3. The van der Waals surface area contributed by atoms with E-state index in [4.69, 9.17) is 9.47 Å². The van der Waals surface area contributed by atoms with Gasteiger partial charge in [-0.05, 0) is 59.7 Å². The lowest BCUT2D eigenvalue weighted by Gasteiger charge is -2.14. The molecule has 2 aromatic heterocycles. The van der Waals surface area contributed by atoms with Crippen LogP contribution in [0.15, 0.2) is 47.3 Å². The number of ether oxygens (including phenoxy) is 2. The van der Waals surface area contributed by atoms with Gasteiger partial charge in [-0.2, -0.15) is 14.5 Å². The highest BCUT2D eigenvalue weighted by molar-refractivity contribution is 5.63. The van der Waals surface area contributed by atoms with Gasteiger partial charge in [-0.25, -0.2) is 9.48 Å². The molecule has 0 aliphatic heterocycles. The van der Waals surface area contributed by atoms with Crippen LogP contribution >= 0.6 is 0 Å². The highest BCUT2D eigenvalue weighted by Crippen LogP contribution is 2.29. The van der Waals surface area contributed by atoms with Crippen molar-refractivity contribution >= 4 is 0 Å². The number of aryl methyl sites for hydroxylation is 4. The second-order valence-electron chi connectivity index (χ2n) is 7.33. The molecule has 160 valence electrons. The highest BCUT2D eigenvalue weighted by atomic mass is 16.5. The Morgan fingerprint density at radius 2 is 1.77 bits per heavy atom. The maximum atomic E-state index is 12.3. The third kappa shape index (κ3) is 3.81. The predicted octanol–water partition coefficient (Wildman–Crippen LogP) is 2.57. The average molecular weight is 420 g/mol. The minimum Gasteiger partial charge on any atom is -0.489 e. The standard InChI is InChI=1S/C22H24N6O3/c1-14-7-6-8-19(28-22(29)27(4)24-25-28)17(14)13-31-20-10-9-16(11-15(20)2)18-12-21(30-5)26(3)23-18/h6-12H,13H2,1-5H3. The van der Waals surface area contributed by atoms with Crippen LogP contribution in [0, 0.1) is 13.8 Å². The van der Waals surface area contributed by atoms with E-state index in [2.05, 4.69) is 15.5 Å². The van der Waals surface area contributed by atoms with Crippen molar-refractivity contribution in [2.75, 3.05) is 7.11 Å². The summed E-state index contributed by atoms with van der Waals surface area (Å²) in [6.07, 6.45) is 0. The molecule has 2 heterocycles. The first-order valence-corrected chi connectivity index (χ1v) is 9.78. The van der Waals surface area contributed by atoms with Crippen molar-refractivity contribution in [3.05, 3.63) is 69.6 Å². The van der Waals surface area contributed by atoms with Gasteiger partial charge in [0.2, 0.25) is 5.88 Å². The largest absolute Gasteiger partial charge is 0.489 e. The molecule has 0 unspecified atom stereocenters. The van der Waals surface area contributed by atoms with Crippen LogP contribution in [0.5, 0.6) is 11.6 Å². The Bertz CT molecular complexity index is 1300. The minimum atomic E-state index is -0.307. The van der Waals surface area contributed by atoms with Gasteiger partial charge >= 0.3 is 5.69 Å². The molecule has 0 amide bonds. The van der Waals surface area contributed by atoms with Crippen molar-refractivity contribution in [3.63, 3.8) is 0 Å². The fourth-order valence-electron chi connectivity index (χ4n) is 3.44. The number of hydrogen-bond donors (Lipinski definition) is 0. The number of methoxy groups -OCH3 is 1. The number of nitrogens with zero attached hydrogens (tertiary/aromatic N) is 6. The van der Waals surface area contributed by atoms with Crippen LogP contribution in [0.25, 0.3) is 16.9 Å². The van der Waals surface area contributed by atoms with E-state index in [0.29, 0.717) is 18.2 Å². The van der Waals surface area contributed by atoms with Crippen LogP contribution in [-0.2, 0) is 20.7 Å². The Kier molecular flexibility index (Phi) is 5.33. The number of aromatic nitrogens is 6. The van der Waals surface area contributed by atoms with Crippen molar-refractivity contribution in [3.8, 4) is 28.6 Å². The van der Waals surface area contributed by atoms with Crippen molar-refractivity contribution < 1.29 is 9.47 Å². The first-order valence-electron chi connectivity index (χ1n) is 9.78. The summed E-state index contributed by atoms with van der Waals surface area (Å²) in [5, 5.41) is 12.3. The third-order valence-corrected chi connectivity index (χ3v) is 5.22. The first kappa shape index (κ1) is 20.4. The topological polar surface area (TPSA) is 89.0 Å². The summed E-state index contributed by atoms with van der Waals surface area (Å²) in [7, 11) is 5.03. The summed E-state index contributed by atoms with van der Waals surface area (Å²) >= 11 is 0. The quantitative estimate of drug-likeness (QED) is 0.476. The van der Waals surface area contributed by atoms with Gasteiger partial charge in [0.25, 0.3) is 0 Å². The molecule has 0 saturated carbocycles. The fraction of sp³-hybridized carbons (Fsp3) is 0.273. The molecule has 4 aromatic rings. The smallest absolute Gasteiger partial charge is 0.368 e. The Morgan fingerprint density at radius 3 is 2.42 bits per heavy atom. The molecule has 0 saturated heterocycles. The summed E-state index contributed by atoms with van der Waals surface area (Å²) in [6.45, 7) is 4.27. The van der Waals surface area contributed by atoms with Crippen LogP contribution in [0.3, 0.4) is 0 Å². The monoisotopic (exact) mass is 420 g/mol. The van der Waals surface area contributed by atoms with Gasteiger partial charge < -0.3 is 9.47 Å². The van der Waals surface area contributed by atoms with Crippen LogP contribution in [-0.4, -0.2) is 36.7 Å². The van der Waals surface area contributed by atoms with Gasteiger partial charge in [0.15, 0.2) is 0 Å². The van der Waals surface area contributed by atoms with E-state index < -0.39 is 0 Å². The van der Waals surface area contributed by atoms with Gasteiger partial charge in [0.1, 0.15) is 12.4 Å². The van der Waals surface area contributed by atoms with Crippen molar-refractivity contribution in [2.45, 2.75) is 20.5 Å². The van der Waals surface area contributed by atoms with Gasteiger partial charge in [-0.1, -0.05) is 12.1 Å². The number of rotatable bonds is 6. The van der Waals surface area contributed by atoms with Crippen LogP contribution in [0.1, 0.15) is 16.7 Å². The lowest BCUT2D eigenvalue weighted by Crippen LogP contribution is -2.23. The van der Waals surface area contributed by atoms with E-state index in [0.717, 1.165) is 33.7 Å². The minimum absolute atomic E-state index is 0.294. The predicted molar refractivity (Wildman–Crippen MR) is 116 cm³/mol. The summed E-state index contributed by atoms with van der Waals surface area (Å²) in [5.74, 6) is 1.45. The second-order valence-corrected chi connectivity index (χ2v) is 7.33. The molecule has 0 fully saturated rings. The van der Waals surface area contributed by atoms with E-state index in [-0.39, 0.29) is 5.69 Å². The van der Waals surface area contributed by atoms with Gasteiger partial charge in [-0.15, -0.1) is 0 Å². The Hall–Kier alpha value is -3.88. The first-order chi connectivity index (χ1) is 14.9. The number of tetrazole rings is 1. The van der Waals surface area contributed by atoms with E-state index in [9.17, 15) is 4.79 Å². The van der Waals surface area contributed by atoms with Gasteiger partial charge in [-0.3, -0.25) is 0 Å². The zero-order chi connectivity index (χ0) is 22.1. The molecule has 4 rings (SSSR count). The molecule has 31 heavy (non-hydrogen) atoms. The molecular weight excluding hydrogens is 396 g/mol. The second kappa shape index (κ2) is 8.10. The number of hydrogen-bond acceptors (Lipinski definition) is 6. The van der Waals surface area contributed by atoms with Crippen molar-refractivity contribution in [2.24, 2.45) is 14.1 Å². The lowest BCUT2D eigenvalue weighted by molar-refractivity contribution is 0.302. The maximum Gasteiger partial charge on any atom is 0.368 e. The Balaban J connectivity index is 1.60. The average Bonchev–Trinajstić information content (AvgIpc) is 3.29. The normalized spacial score (nSPS) is 11.0. The molecule has 9 nitrogen and oxygen atoms in total. The van der Waals surface area contributed by atoms with Crippen molar-refractivity contribution in [1.29, 1.82) is 0 Å². The molecule has 0 N–H and O–H groups in total. The van der Waals surface area contributed by atoms with E-state index in [1.807, 2.05) is 63.4 Å². The molecule has 2 aromatic carbocycles. The zero-order valence-corrected chi connectivity index (χ0v) is 18.2. The third-order valence-electron chi connectivity index (χ3n) is 5.22. The molecule has 0 bridgehead atoms. The zero-order valence-electron chi connectivity index (χ0n) is 18.2. The van der Waals surface area contributed by atoms with E-state index >= 15 is 0 Å². The number of benzene rings is 2. The van der Waals surface area contributed by atoms with Gasteiger partial charge in [0.05, 0.1) is 18.5 Å². The molecule has 0 spiro atoms. The molecule has 0 radical (unpaired) electrons. The molecule has 0 aliphatic rings. The Morgan fingerprint density at radius 1 is 0.968 bits per heavy atom. The van der Waals surface area contributed by atoms with Crippen LogP contribution < -0.4 is 15.2 Å². The lowest BCUT2D eigenvalue weighted by atomic mass is 10.1. The molecule has 9 heteroatoms. The van der Waals surface area contributed by atoms with Gasteiger partial charge in [0, 0.05) is 31.3 Å². The Labute approximate surface area is 179 Å². The molecule has 0 aliphatic carbocycles. The van der Waals surface area contributed by atoms with E-state index in [1.54, 1.807) is 18.8 Å². The summed E-state index contributed by atoms with van der Waals surface area (Å²) in [6, 6.07) is 13.5. The van der Waals surface area contributed by atoms with Crippen molar-refractivity contribution in [1.82, 2.24) is 29.6 Å². The summed E-state index contributed by atoms with van der Waals surface area (Å²) in [5.41, 5.74) is 5.02. The summed E-state index contributed by atoms with van der Waals surface area (Å²) < 4.78 is 15.6.